The molecular formula is C15H31ClO. The zero-order chi connectivity index (χ0) is 12.9. The van der Waals surface area contributed by atoms with E-state index < -0.39 is 0 Å². The topological polar surface area (TPSA) is 20.2 Å². The minimum Gasteiger partial charge on any atom is -0.393 e. The minimum atomic E-state index is -0.169. The highest BCUT2D eigenvalue weighted by Crippen LogP contribution is 2.17. The van der Waals surface area contributed by atoms with Crippen LogP contribution in [0.4, 0.5) is 0 Å². The second-order valence-electron chi connectivity index (χ2n) is 5.29. The Labute approximate surface area is 113 Å². The van der Waals surface area contributed by atoms with E-state index in [1.807, 2.05) is 6.92 Å². The average molecular weight is 263 g/mol. The monoisotopic (exact) mass is 262 g/mol. The van der Waals surface area contributed by atoms with Gasteiger partial charge in [0, 0.05) is 5.38 Å². The maximum atomic E-state index is 9.14. The van der Waals surface area contributed by atoms with Crippen LogP contribution in [0.25, 0.3) is 0 Å². The molecule has 0 fully saturated rings. The van der Waals surface area contributed by atoms with Crippen molar-refractivity contribution in [1.82, 2.24) is 0 Å². The molecule has 2 atom stereocenters. The standard InChI is InChI=1S/C15H31ClO/c1-3-4-5-6-7-8-9-12-15(16)13-10-11-14(2)17/h14-15,17H,3-13H2,1-2H3. The lowest BCUT2D eigenvalue weighted by molar-refractivity contribution is 0.180. The number of unbranched alkanes of at least 4 members (excludes halogenated alkanes) is 6. The average Bonchev–Trinajstić information content (AvgIpc) is 2.27. The van der Waals surface area contributed by atoms with Crippen LogP contribution in [0.2, 0.25) is 0 Å². The summed E-state index contributed by atoms with van der Waals surface area (Å²) >= 11 is 6.25. The van der Waals surface area contributed by atoms with Gasteiger partial charge in [0.1, 0.15) is 0 Å². The maximum absolute atomic E-state index is 9.14. The van der Waals surface area contributed by atoms with Crippen molar-refractivity contribution in [3.05, 3.63) is 0 Å². The molecule has 0 heterocycles. The van der Waals surface area contributed by atoms with Crippen molar-refractivity contribution in [3.8, 4) is 0 Å². The number of hydrogen-bond acceptors (Lipinski definition) is 1. The summed E-state index contributed by atoms with van der Waals surface area (Å²) in [6, 6.07) is 0. The first-order chi connectivity index (χ1) is 8.16. The molecule has 2 unspecified atom stereocenters. The molecule has 1 nitrogen and oxygen atoms in total. The van der Waals surface area contributed by atoms with Crippen molar-refractivity contribution in [2.75, 3.05) is 0 Å². The lowest BCUT2D eigenvalue weighted by atomic mass is 10.0. The zero-order valence-electron chi connectivity index (χ0n) is 11.8. The number of hydrogen-bond donors (Lipinski definition) is 1. The third kappa shape index (κ3) is 14.2. The van der Waals surface area contributed by atoms with Crippen LogP contribution in [-0.2, 0) is 0 Å². The van der Waals surface area contributed by atoms with Gasteiger partial charge >= 0.3 is 0 Å². The van der Waals surface area contributed by atoms with Gasteiger partial charge in [-0.3, -0.25) is 0 Å². The predicted molar refractivity (Wildman–Crippen MR) is 77.8 cm³/mol. The van der Waals surface area contributed by atoms with E-state index >= 15 is 0 Å². The number of aliphatic hydroxyl groups is 1. The number of halogens is 1. The van der Waals surface area contributed by atoms with Gasteiger partial charge in [-0.15, -0.1) is 11.6 Å². The van der Waals surface area contributed by atoms with Crippen molar-refractivity contribution in [1.29, 1.82) is 0 Å². The molecule has 0 saturated carbocycles. The predicted octanol–water partition coefficient (Wildman–Crippen LogP) is 5.29. The summed E-state index contributed by atoms with van der Waals surface area (Å²) in [7, 11) is 0. The Kier molecular flexibility index (Phi) is 12.9. The van der Waals surface area contributed by atoms with Crippen molar-refractivity contribution in [3.63, 3.8) is 0 Å². The fourth-order valence-electron chi connectivity index (χ4n) is 2.10. The largest absolute Gasteiger partial charge is 0.393 e. The van der Waals surface area contributed by atoms with Gasteiger partial charge in [0.2, 0.25) is 0 Å². The molecule has 0 aliphatic heterocycles. The van der Waals surface area contributed by atoms with Crippen LogP contribution in [0.1, 0.15) is 84.5 Å². The Bertz CT molecular complexity index is 148. The fourth-order valence-corrected chi connectivity index (χ4v) is 2.41. The van der Waals surface area contributed by atoms with Gasteiger partial charge in [0.15, 0.2) is 0 Å². The Balaban J connectivity index is 3.13. The first-order valence-electron chi connectivity index (χ1n) is 7.49. The quantitative estimate of drug-likeness (QED) is 0.374. The molecule has 0 aromatic rings. The Hall–Kier alpha value is 0.250. The lowest BCUT2D eigenvalue weighted by Gasteiger charge is -2.10. The van der Waals surface area contributed by atoms with E-state index in [4.69, 9.17) is 16.7 Å². The van der Waals surface area contributed by atoms with E-state index in [0.717, 1.165) is 25.7 Å². The highest BCUT2D eigenvalue weighted by Gasteiger charge is 2.05. The first kappa shape index (κ1) is 17.2. The van der Waals surface area contributed by atoms with Gasteiger partial charge in [0.05, 0.1) is 6.10 Å². The molecule has 0 aliphatic carbocycles. The summed E-state index contributed by atoms with van der Waals surface area (Å²) in [5.74, 6) is 0. The Morgan fingerprint density at radius 1 is 0.824 bits per heavy atom. The van der Waals surface area contributed by atoms with Crippen LogP contribution in [0.3, 0.4) is 0 Å². The van der Waals surface area contributed by atoms with E-state index in [9.17, 15) is 0 Å². The van der Waals surface area contributed by atoms with Crippen LogP contribution in [-0.4, -0.2) is 16.6 Å². The van der Waals surface area contributed by atoms with Gasteiger partial charge in [-0.1, -0.05) is 51.9 Å². The van der Waals surface area contributed by atoms with E-state index in [-0.39, 0.29) is 6.10 Å². The SMILES string of the molecule is CCCCCCCCCC(Cl)CCCC(C)O. The molecule has 0 amide bonds. The highest BCUT2D eigenvalue weighted by molar-refractivity contribution is 6.20. The summed E-state index contributed by atoms with van der Waals surface area (Å²) in [4.78, 5) is 0. The summed E-state index contributed by atoms with van der Waals surface area (Å²) in [5, 5.41) is 9.46. The van der Waals surface area contributed by atoms with Gasteiger partial charge in [-0.25, -0.2) is 0 Å². The van der Waals surface area contributed by atoms with Gasteiger partial charge in [-0.2, -0.15) is 0 Å². The normalized spacial score (nSPS) is 14.8. The summed E-state index contributed by atoms with van der Waals surface area (Å²) in [6.45, 7) is 4.10. The fraction of sp³-hybridized carbons (Fsp3) is 1.00. The zero-order valence-corrected chi connectivity index (χ0v) is 12.5. The molecule has 17 heavy (non-hydrogen) atoms. The molecule has 0 bridgehead atoms. The maximum Gasteiger partial charge on any atom is 0.0512 e. The van der Waals surface area contributed by atoms with Crippen molar-refractivity contribution >= 4 is 11.6 Å². The molecule has 2 heteroatoms. The Morgan fingerprint density at radius 3 is 1.94 bits per heavy atom. The third-order valence-corrected chi connectivity index (χ3v) is 3.70. The van der Waals surface area contributed by atoms with Crippen LogP contribution in [0.5, 0.6) is 0 Å². The molecule has 1 N–H and O–H groups in total. The first-order valence-corrected chi connectivity index (χ1v) is 7.92. The molecule has 0 rings (SSSR count). The van der Waals surface area contributed by atoms with E-state index in [1.165, 1.54) is 44.9 Å². The minimum absolute atomic E-state index is 0.169. The van der Waals surface area contributed by atoms with Crippen molar-refractivity contribution in [2.24, 2.45) is 0 Å². The van der Waals surface area contributed by atoms with E-state index in [0.29, 0.717) is 5.38 Å². The lowest BCUT2D eigenvalue weighted by Crippen LogP contribution is -2.03. The molecule has 0 radical (unpaired) electrons. The third-order valence-electron chi connectivity index (χ3n) is 3.26. The van der Waals surface area contributed by atoms with Gasteiger partial charge < -0.3 is 5.11 Å². The second kappa shape index (κ2) is 12.7. The molecule has 0 saturated heterocycles. The molecular weight excluding hydrogens is 232 g/mol. The number of alkyl halides is 1. The summed E-state index contributed by atoms with van der Waals surface area (Å²) in [5.41, 5.74) is 0. The van der Waals surface area contributed by atoms with E-state index in [2.05, 4.69) is 6.92 Å². The summed E-state index contributed by atoms with van der Waals surface area (Å²) < 4.78 is 0. The van der Waals surface area contributed by atoms with Crippen molar-refractivity contribution in [2.45, 2.75) is 96.0 Å². The summed E-state index contributed by atoms with van der Waals surface area (Å²) in [6.07, 6.45) is 13.5. The van der Waals surface area contributed by atoms with Crippen LogP contribution in [0.15, 0.2) is 0 Å². The van der Waals surface area contributed by atoms with Gasteiger partial charge in [0.25, 0.3) is 0 Å². The molecule has 104 valence electrons. The molecule has 0 aromatic heterocycles. The number of aliphatic hydroxyl groups excluding tert-OH is 1. The molecule has 0 aromatic carbocycles. The second-order valence-corrected chi connectivity index (χ2v) is 5.90. The van der Waals surface area contributed by atoms with Crippen LogP contribution >= 0.6 is 11.6 Å². The van der Waals surface area contributed by atoms with Crippen molar-refractivity contribution < 1.29 is 5.11 Å². The van der Waals surface area contributed by atoms with E-state index in [1.54, 1.807) is 0 Å². The van der Waals surface area contributed by atoms with Crippen LogP contribution < -0.4 is 0 Å². The number of rotatable bonds is 12. The van der Waals surface area contributed by atoms with Crippen LogP contribution in [0, 0.1) is 0 Å². The smallest absolute Gasteiger partial charge is 0.0512 e. The highest BCUT2D eigenvalue weighted by atomic mass is 35.5. The molecule has 0 spiro atoms. The van der Waals surface area contributed by atoms with Gasteiger partial charge in [-0.05, 0) is 32.6 Å². The Morgan fingerprint density at radius 2 is 1.35 bits per heavy atom. The molecule has 0 aliphatic rings.